The maximum atomic E-state index is 12.3. The Kier molecular flexibility index (Phi) is 6.76. The molecule has 0 atom stereocenters. The van der Waals surface area contributed by atoms with Crippen molar-refractivity contribution in [2.24, 2.45) is 0 Å². The number of rotatable bonds is 7. The van der Waals surface area contributed by atoms with E-state index >= 15 is 0 Å². The van der Waals surface area contributed by atoms with Gasteiger partial charge in [0.15, 0.2) is 0 Å². The Hall–Kier alpha value is -2.51. The minimum atomic E-state index is -0.114. The molecule has 7 heteroatoms. The van der Waals surface area contributed by atoms with Crippen molar-refractivity contribution in [3.8, 4) is 11.3 Å². The molecule has 1 aliphatic carbocycles. The van der Waals surface area contributed by atoms with E-state index in [0.717, 1.165) is 66.8 Å². The fourth-order valence-electron chi connectivity index (χ4n) is 4.73. The molecule has 1 aromatic carbocycles. The number of nitrogens with one attached hydrogen (secondary N) is 3. The van der Waals surface area contributed by atoms with Crippen molar-refractivity contribution in [2.45, 2.75) is 64.0 Å². The molecule has 1 aromatic heterocycles. The van der Waals surface area contributed by atoms with Crippen molar-refractivity contribution in [3.05, 3.63) is 41.1 Å². The third-order valence-corrected chi connectivity index (χ3v) is 6.73. The number of ether oxygens (including phenoxy) is 1. The summed E-state index contributed by atoms with van der Waals surface area (Å²) < 4.78 is 5.13. The molecule has 172 valence electrons. The fraction of sp³-hybridized carbons (Fsp3) is 0.560. The molecule has 1 amide bonds. The molecule has 4 rings (SSSR count). The quantitative estimate of drug-likeness (QED) is 0.575. The predicted molar refractivity (Wildman–Crippen MR) is 127 cm³/mol. The van der Waals surface area contributed by atoms with E-state index in [4.69, 9.17) is 9.72 Å². The normalized spacial score (nSPS) is 22.2. The minimum absolute atomic E-state index is 0.0000438. The van der Waals surface area contributed by atoms with Gasteiger partial charge in [0.25, 0.3) is 5.91 Å². The lowest BCUT2D eigenvalue weighted by Gasteiger charge is -2.33. The molecule has 7 nitrogen and oxygen atoms in total. The Morgan fingerprint density at radius 2 is 1.94 bits per heavy atom. The van der Waals surface area contributed by atoms with Crippen LogP contribution in [0, 0.1) is 6.92 Å². The maximum Gasteiger partial charge on any atom is 0.251 e. The number of nitrogens with zero attached hydrogens (tertiary/aromatic N) is 2. The number of aromatic nitrogens is 2. The predicted octanol–water partition coefficient (Wildman–Crippen LogP) is 3.43. The molecule has 1 saturated carbocycles. The molecule has 1 fully saturated rings. The van der Waals surface area contributed by atoms with Gasteiger partial charge >= 0.3 is 0 Å². The fourth-order valence-corrected chi connectivity index (χ4v) is 4.73. The van der Waals surface area contributed by atoms with Gasteiger partial charge in [-0.15, -0.1) is 0 Å². The number of methoxy groups -OCH3 is 1. The summed E-state index contributed by atoms with van der Waals surface area (Å²) in [5.74, 6) is 0.677. The lowest BCUT2D eigenvalue weighted by molar-refractivity contribution is 0.0930. The van der Waals surface area contributed by atoms with Crippen LogP contribution in [0.3, 0.4) is 0 Å². The van der Waals surface area contributed by atoms with E-state index in [1.54, 1.807) is 7.11 Å². The first-order valence-electron chi connectivity index (χ1n) is 11.6. The van der Waals surface area contributed by atoms with Crippen LogP contribution in [-0.2, 0) is 10.2 Å². The molecule has 2 aromatic rings. The third kappa shape index (κ3) is 4.94. The van der Waals surface area contributed by atoms with Crippen molar-refractivity contribution in [3.63, 3.8) is 0 Å². The zero-order chi connectivity index (χ0) is 22.7. The highest BCUT2D eigenvalue weighted by Crippen LogP contribution is 2.34. The van der Waals surface area contributed by atoms with Gasteiger partial charge in [-0.25, -0.2) is 9.97 Å². The van der Waals surface area contributed by atoms with Gasteiger partial charge < -0.3 is 20.7 Å². The van der Waals surface area contributed by atoms with Crippen LogP contribution in [0.5, 0.6) is 0 Å². The molecule has 0 spiro atoms. The number of carbonyl (C=O) groups is 1. The number of hydrogen-bond donors (Lipinski definition) is 3. The van der Waals surface area contributed by atoms with Crippen molar-refractivity contribution in [1.29, 1.82) is 0 Å². The van der Waals surface area contributed by atoms with Crippen LogP contribution in [0.4, 0.5) is 5.95 Å². The summed E-state index contributed by atoms with van der Waals surface area (Å²) in [4.78, 5) is 21.7. The van der Waals surface area contributed by atoms with Crippen molar-refractivity contribution >= 4 is 11.9 Å². The van der Waals surface area contributed by atoms with Crippen LogP contribution >= 0.6 is 0 Å². The standard InChI is InChI=1S/C25H35N5O2/c1-16-14-27-24(29-19-8-6-18(7-9-19)26-11-12-32-4)30-22(16)17-5-10-20-21(13-17)25(2,3)15-28-23(20)31/h5,10,13-14,18-19,26H,6-9,11-12,15H2,1-4H3,(H,28,31)(H,27,29,30)/t18-,19-. The van der Waals surface area contributed by atoms with Gasteiger partial charge in [-0.1, -0.05) is 19.9 Å². The second kappa shape index (κ2) is 9.55. The number of hydrogen-bond acceptors (Lipinski definition) is 6. The topological polar surface area (TPSA) is 88.2 Å². The molecule has 0 bridgehead atoms. The Morgan fingerprint density at radius 1 is 1.19 bits per heavy atom. The number of carbonyl (C=O) groups excluding carboxylic acids is 1. The number of anilines is 1. The summed E-state index contributed by atoms with van der Waals surface area (Å²) in [6, 6.07) is 7.00. The first-order chi connectivity index (χ1) is 15.4. The highest BCUT2D eigenvalue weighted by atomic mass is 16.5. The molecule has 2 heterocycles. The summed E-state index contributed by atoms with van der Waals surface area (Å²) in [6.45, 7) is 8.66. The summed E-state index contributed by atoms with van der Waals surface area (Å²) in [6.07, 6.45) is 6.36. The zero-order valence-corrected chi connectivity index (χ0v) is 19.6. The van der Waals surface area contributed by atoms with E-state index in [0.29, 0.717) is 24.6 Å². The summed E-state index contributed by atoms with van der Waals surface area (Å²) >= 11 is 0. The number of benzene rings is 1. The average Bonchev–Trinajstić information content (AvgIpc) is 2.79. The van der Waals surface area contributed by atoms with E-state index in [-0.39, 0.29) is 11.3 Å². The summed E-state index contributed by atoms with van der Waals surface area (Å²) in [5.41, 5.74) is 4.69. The monoisotopic (exact) mass is 437 g/mol. The van der Waals surface area contributed by atoms with E-state index in [1.807, 2.05) is 25.3 Å². The van der Waals surface area contributed by atoms with E-state index in [9.17, 15) is 4.79 Å². The van der Waals surface area contributed by atoms with Gasteiger partial charge in [0.2, 0.25) is 5.95 Å². The summed E-state index contributed by atoms with van der Waals surface area (Å²) in [5, 5.41) is 10.1. The molecule has 0 unspecified atom stereocenters. The van der Waals surface area contributed by atoms with Crippen molar-refractivity contribution in [1.82, 2.24) is 20.6 Å². The van der Waals surface area contributed by atoms with Crippen molar-refractivity contribution < 1.29 is 9.53 Å². The van der Waals surface area contributed by atoms with Gasteiger partial charge in [-0.3, -0.25) is 4.79 Å². The Morgan fingerprint density at radius 3 is 2.69 bits per heavy atom. The smallest absolute Gasteiger partial charge is 0.251 e. The average molecular weight is 438 g/mol. The molecular weight excluding hydrogens is 402 g/mol. The first kappa shape index (κ1) is 22.7. The molecule has 3 N–H and O–H groups in total. The van der Waals surface area contributed by atoms with Crippen LogP contribution in [0.25, 0.3) is 11.3 Å². The zero-order valence-electron chi connectivity index (χ0n) is 19.6. The minimum Gasteiger partial charge on any atom is -0.383 e. The molecule has 0 saturated heterocycles. The SMILES string of the molecule is COCCN[C@H]1CC[C@H](Nc2ncc(C)c(-c3ccc4c(c3)C(C)(C)CNC4=O)n2)CC1. The Labute approximate surface area is 190 Å². The number of fused-ring (bicyclic) bond motifs is 1. The lowest BCUT2D eigenvalue weighted by atomic mass is 9.78. The van der Waals surface area contributed by atoms with Gasteiger partial charge in [-0.2, -0.15) is 0 Å². The number of amides is 1. The van der Waals surface area contributed by atoms with Gasteiger partial charge in [0, 0.05) is 55.0 Å². The van der Waals surface area contributed by atoms with E-state index < -0.39 is 0 Å². The second-order valence-corrected chi connectivity index (χ2v) is 9.69. The van der Waals surface area contributed by atoms with Crippen LogP contribution in [0.1, 0.15) is 61.0 Å². The lowest BCUT2D eigenvalue weighted by Crippen LogP contribution is -2.43. The Bertz CT molecular complexity index is 967. The highest BCUT2D eigenvalue weighted by molar-refractivity contribution is 5.98. The van der Waals surface area contributed by atoms with Gasteiger partial charge in [0.1, 0.15) is 0 Å². The van der Waals surface area contributed by atoms with Gasteiger partial charge in [-0.05, 0) is 55.9 Å². The van der Waals surface area contributed by atoms with Crippen molar-refractivity contribution in [2.75, 3.05) is 32.1 Å². The van der Waals surface area contributed by atoms with E-state index in [2.05, 4.69) is 40.8 Å². The second-order valence-electron chi connectivity index (χ2n) is 9.69. The van der Waals surface area contributed by atoms with E-state index in [1.165, 1.54) is 0 Å². The van der Waals surface area contributed by atoms with Crippen LogP contribution in [-0.4, -0.2) is 54.8 Å². The highest BCUT2D eigenvalue weighted by Gasteiger charge is 2.32. The third-order valence-electron chi connectivity index (χ3n) is 6.73. The summed E-state index contributed by atoms with van der Waals surface area (Å²) in [7, 11) is 1.74. The van der Waals surface area contributed by atoms with Crippen LogP contribution in [0.2, 0.25) is 0 Å². The largest absolute Gasteiger partial charge is 0.383 e. The molecular formula is C25H35N5O2. The molecule has 1 aliphatic heterocycles. The molecule has 32 heavy (non-hydrogen) atoms. The Balaban J connectivity index is 1.48. The number of aryl methyl sites for hydroxylation is 1. The maximum absolute atomic E-state index is 12.3. The molecule has 2 aliphatic rings. The molecule has 0 radical (unpaired) electrons. The van der Waals surface area contributed by atoms with Crippen LogP contribution < -0.4 is 16.0 Å². The van der Waals surface area contributed by atoms with Gasteiger partial charge in [0.05, 0.1) is 12.3 Å². The first-order valence-corrected chi connectivity index (χ1v) is 11.6. The van der Waals surface area contributed by atoms with Crippen LogP contribution in [0.15, 0.2) is 24.4 Å².